The Kier molecular flexibility index (Phi) is 4.09. The number of hydrogen-bond donors (Lipinski definition) is 3. The van der Waals surface area contributed by atoms with E-state index in [1.807, 2.05) is 0 Å². The van der Waals surface area contributed by atoms with E-state index in [1.54, 1.807) is 0 Å². The average Bonchev–Trinajstić information content (AvgIpc) is 2.36. The summed E-state index contributed by atoms with van der Waals surface area (Å²) >= 11 is 0. The molecule has 2 aliphatic carbocycles. The number of oxime groups is 1. The highest BCUT2D eigenvalue weighted by Gasteiger charge is 2.48. The van der Waals surface area contributed by atoms with Gasteiger partial charge in [0, 0.05) is 6.54 Å². The van der Waals surface area contributed by atoms with Gasteiger partial charge in [0.15, 0.2) is 5.84 Å². The number of nitrogens with two attached hydrogens (primary N) is 1. The smallest absolute Gasteiger partial charge is 0.233 e. The second-order valence-electron chi connectivity index (χ2n) is 5.63. The molecule has 2 saturated carbocycles. The summed E-state index contributed by atoms with van der Waals surface area (Å²) < 4.78 is 0. The molecule has 0 unspecified atom stereocenters. The van der Waals surface area contributed by atoms with Crippen molar-refractivity contribution in [1.29, 1.82) is 0 Å². The number of hydrogen-bond acceptors (Lipinski definition) is 3. The van der Waals surface area contributed by atoms with Crippen LogP contribution < -0.4 is 11.1 Å². The van der Waals surface area contributed by atoms with Gasteiger partial charge in [0.25, 0.3) is 0 Å². The van der Waals surface area contributed by atoms with Gasteiger partial charge >= 0.3 is 0 Å². The predicted octanol–water partition coefficient (Wildman–Crippen LogP) is 1.60. The summed E-state index contributed by atoms with van der Waals surface area (Å²) in [5.74, 6) is 0.608. The molecule has 0 radical (unpaired) electrons. The van der Waals surface area contributed by atoms with Gasteiger partial charge in [-0.25, -0.2) is 0 Å². The van der Waals surface area contributed by atoms with E-state index in [2.05, 4.69) is 10.5 Å². The van der Waals surface area contributed by atoms with Gasteiger partial charge in [0.1, 0.15) is 5.41 Å². The van der Waals surface area contributed by atoms with Crippen LogP contribution in [0.1, 0.15) is 51.4 Å². The second-order valence-corrected chi connectivity index (χ2v) is 5.63. The highest BCUT2D eigenvalue weighted by molar-refractivity contribution is 6.07. The molecule has 5 heteroatoms. The first-order valence-corrected chi connectivity index (χ1v) is 6.95. The molecule has 5 nitrogen and oxygen atoms in total. The minimum absolute atomic E-state index is 0.0605. The van der Waals surface area contributed by atoms with E-state index in [0.29, 0.717) is 18.8 Å². The van der Waals surface area contributed by atoms with Gasteiger partial charge in [-0.1, -0.05) is 30.8 Å². The molecule has 0 heterocycles. The van der Waals surface area contributed by atoms with Crippen molar-refractivity contribution >= 4 is 11.7 Å². The van der Waals surface area contributed by atoms with E-state index in [4.69, 9.17) is 10.9 Å². The summed E-state index contributed by atoms with van der Waals surface area (Å²) in [5, 5.41) is 14.8. The third kappa shape index (κ3) is 2.44. The zero-order chi connectivity index (χ0) is 13.0. The van der Waals surface area contributed by atoms with Crippen LogP contribution >= 0.6 is 0 Å². The van der Waals surface area contributed by atoms with Crippen molar-refractivity contribution in [3.8, 4) is 0 Å². The Bertz CT molecular complexity index is 331. The topological polar surface area (TPSA) is 87.7 Å². The maximum atomic E-state index is 12.2. The van der Waals surface area contributed by atoms with Crippen molar-refractivity contribution < 1.29 is 10.0 Å². The molecule has 102 valence electrons. The summed E-state index contributed by atoms with van der Waals surface area (Å²) in [4.78, 5) is 12.2. The fourth-order valence-electron chi connectivity index (χ4n) is 3.02. The molecule has 0 aliphatic heterocycles. The van der Waals surface area contributed by atoms with Gasteiger partial charge in [0.2, 0.25) is 5.91 Å². The van der Waals surface area contributed by atoms with E-state index in [-0.39, 0.29) is 11.7 Å². The maximum absolute atomic E-state index is 12.2. The second kappa shape index (κ2) is 5.59. The Hall–Kier alpha value is -1.26. The molecule has 2 aliphatic rings. The summed E-state index contributed by atoms with van der Waals surface area (Å²) in [5.41, 5.74) is 4.93. The summed E-state index contributed by atoms with van der Waals surface area (Å²) in [6.07, 6.45) is 8.62. The fourth-order valence-corrected chi connectivity index (χ4v) is 3.02. The van der Waals surface area contributed by atoms with Crippen molar-refractivity contribution in [2.75, 3.05) is 6.54 Å². The number of carbonyl (C=O) groups is 1. The molecule has 0 atom stereocenters. The lowest BCUT2D eigenvalue weighted by atomic mass is 9.67. The molecule has 0 saturated heterocycles. The quantitative estimate of drug-likeness (QED) is 0.308. The zero-order valence-electron chi connectivity index (χ0n) is 10.8. The normalized spacial score (nSPS) is 24.3. The van der Waals surface area contributed by atoms with Crippen LogP contribution in [0.4, 0.5) is 0 Å². The molecular weight excluding hydrogens is 230 g/mol. The molecule has 0 aromatic heterocycles. The van der Waals surface area contributed by atoms with Crippen molar-refractivity contribution in [3.63, 3.8) is 0 Å². The Labute approximate surface area is 108 Å². The van der Waals surface area contributed by atoms with Gasteiger partial charge < -0.3 is 16.3 Å². The van der Waals surface area contributed by atoms with Crippen LogP contribution in [-0.4, -0.2) is 23.5 Å². The Balaban J connectivity index is 1.86. The fraction of sp³-hybridized carbons (Fsp3) is 0.846. The number of carbonyl (C=O) groups excluding carboxylic acids is 1. The Morgan fingerprint density at radius 3 is 2.44 bits per heavy atom. The predicted molar refractivity (Wildman–Crippen MR) is 69.3 cm³/mol. The SMILES string of the molecule is NC(=NO)C1(C(=O)NCC2CCCCC2)CCC1. The van der Waals surface area contributed by atoms with Gasteiger partial charge in [0.05, 0.1) is 0 Å². The highest BCUT2D eigenvalue weighted by Crippen LogP contribution is 2.41. The number of amidine groups is 1. The minimum Gasteiger partial charge on any atom is -0.409 e. The van der Waals surface area contributed by atoms with Crippen LogP contribution in [-0.2, 0) is 4.79 Å². The van der Waals surface area contributed by atoms with Gasteiger partial charge in [-0.3, -0.25) is 4.79 Å². The molecular formula is C13H23N3O2. The number of nitrogens with zero attached hydrogens (tertiary/aromatic N) is 1. The van der Waals surface area contributed by atoms with E-state index >= 15 is 0 Å². The summed E-state index contributed by atoms with van der Waals surface area (Å²) in [6, 6.07) is 0. The average molecular weight is 253 g/mol. The van der Waals surface area contributed by atoms with Crippen LogP contribution in [0.25, 0.3) is 0 Å². The summed E-state index contributed by atoms with van der Waals surface area (Å²) in [7, 11) is 0. The monoisotopic (exact) mass is 253 g/mol. The van der Waals surface area contributed by atoms with Gasteiger partial charge in [-0.15, -0.1) is 0 Å². The first-order valence-electron chi connectivity index (χ1n) is 6.95. The molecule has 0 aromatic rings. The number of nitrogens with one attached hydrogen (secondary N) is 1. The molecule has 1 amide bonds. The van der Waals surface area contributed by atoms with E-state index in [1.165, 1.54) is 32.1 Å². The largest absolute Gasteiger partial charge is 0.409 e. The lowest BCUT2D eigenvalue weighted by Gasteiger charge is -2.39. The Morgan fingerprint density at radius 1 is 1.28 bits per heavy atom. The van der Waals surface area contributed by atoms with E-state index in [9.17, 15) is 4.79 Å². The molecule has 0 aromatic carbocycles. The third-order valence-corrected chi connectivity index (χ3v) is 4.52. The van der Waals surface area contributed by atoms with Crippen LogP contribution in [0.15, 0.2) is 5.16 Å². The maximum Gasteiger partial charge on any atom is 0.233 e. The lowest BCUT2D eigenvalue weighted by molar-refractivity contribution is -0.131. The molecule has 4 N–H and O–H groups in total. The van der Waals surface area contributed by atoms with Crippen molar-refractivity contribution in [2.45, 2.75) is 51.4 Å². The first-order chi connectivity index (χ1) is 8.69. The zero-order valence-corrected chi connectivity index (χ0v) is 10.8. The summed E-state index contributed by atoms with van der Waals surface area (Å²) in [6.45, 7) is 0.735. The molecule has 18 heavy (non-hydrogen) atoms. The van der Waals surface area contributed by atoms with Crippen LogP contribution in [0.3, 0.4) is 0 Å². The van der Waals surface area contributed by atoms with Crippen molar-refractivity contribution in [2.24, 2.45) is 22.2 Å². The van der Waals surface area contributed by atoms with Crippen LogP contribution in [0, 0.1) is 11.3 Å². The molecule has 2 rings (SSSR count). The lowest BCUT2D eigenvalue weighted by Crippen LogP contribution is -2.54. The highest BCUT2D eigenvalue weighted by atomic mass is 16.4. The third-order valence-electron chi connectivity index (χ3n) is 4.52. The first kappa shape index (κ1) is 13.2. The Morgan fingerprint density at radius 2 is 1.94 bits per heavy atom. The number of amides is 1. The number of rotatable bonds is 4. The van der Waals surface area contributed by atoms with Gasteiger partial charge in [-0.2, -0.15) is 0 Å². The van der Waals surface area contributed by atoms with E-state index in [0.717, 1.165) is 13.0 Å². The van der Waals surface area contributed by atoms with Crippen LogP contribution in [0.2, 0.25) is 0 Å². The molecule has 0 bridgehead atoms. The standard InChI is InChI=1S/C13H23N3O2/c14-11(16-18)13(7-4-8-13)12(17)15-9-10-5-2-1-3-6-10/h10,18H,1-9H2,(H2,14,16)(H,15,17). The van der Waals surface area contributed by atoms with Crippen molar-refractivity contribution in [3.05, 3.63) is 0 Å². The van der Waals surface area contributed by atoms with Gasteiger partial charge in [-0.05, 0) is 31.6 Å². The molecule has 0 spiro atoms. The van der Waals surface area contributed by atoms with Crippen molar-refractivity contribution in [1.82, 2.24) is 5.32 Å². The minimum atomic E-state index is -0.733. The van der Waals surface area contributed by atoms with Crippen LogP contribution in [0.5, 0.6) is 0 Å². The van der Waals surface area contributed by atoms with E-state index < -0.39 is 5.41 Å². The molecule has 2 fully saturated rings.